The predicted octanol–water partition coefficient (Wildman–Crippen LogP) is 2.20. The van der Waals surface area contributed by atoms with Crippen LogP contribution in [0.1, 0.15) is 12.5 Å². The van der Waals surface area contributed by atoms with Crippen LogP contribution in [0, 0.1) is 0 Å². The summed E-state index contributed by atoms with van der Waals surface area (Å²) in [5.41, 5.74) is 2.45. The van der Waals surface area contributed by atoms with Gasteiger partial charge >= 0.3 is 0 Å². The largest absolute Gasteiger partial charge is 0.360 e. The van der Waals surface area contributed by atoms with E-state index in [2.05, 4.69) is 11.0 Å². The van der Waals surface area contributed by atoms with Crippen LogP contribution in [0.15, 0.2) is 24.3 Å². The minimum absolute atomic E-state index is 0.222. The number of hydrogen-bond acceptors (Lipinski definition) is 2. The van der Waals surface area contributed by atoms with Crippen LogP contribution in [-0.4, -0.2) is 17.8 Å². The molecular weight excluding hydrogens is 198 g/mol. The Hall–Kier alpha value is -1.02. The molecule has 0 fully saturated rings. The highest BCUT2D eigenvalue weighted by Crippen LogP contribution is 2.29. The molecule has 1 heterocycles. The number of fused-ring (bicyclic) bond motifs is 1. The second kappa shape index (κ2) is 3.62. The third-order valence-electron chi connectivity index (χ3n) is 2.72. The lowest BCUT2D eigenvalue weighted by atomic mass is 10.2. The van der Waals surface area contributed by atoms with Gasteiger partial charge in [-0.3, -0.25) is 4.79 Å². The summed E-state index contributed by atoms with van der Waals surface area (Å²) in [5.74, 6) is 0. The summed E-state index contributed by atoms with van der Waals surface area (Å²) in [6, 6.07) is 7.93. The number of carbonyl (C=O) groups is 1. The maximum atomic E-state index is 11.1. The lowest BCUT2D eigenvalue weighted by Crippen LogP contribution is -2.35. The third-order valence-corrected chi connectivity index (χ3v) is 3.03. The molecule has 2 rings (SSSR count). The molecule has 0 saturated heterocycles. The Morgan fingerprint density at radius 1 is 1.50 bits per heavy atom. The molecule has 74 valence electrons. The van der Waals surface area contributed by atoms with Crippen LogP contribution in [0.2, 0.25) is 0 Å². The molecule has 1 aromatic rings. The molecule has 3 heteroatoms. The van der Waals surface area contributed by atoms with Gasteiger partial charge in [0.05, 0.1) is 0 Å². The summed E-state index contributed by atoms with van der Waals surface area (Å²) in [5, 5.41) is -0.290. The van der Waals surface area contributed by atoms with E-state index in [-0.39, 0.29) is 11.3 Å². The highest BCUT2D eigenvalue weighted by atomic mass is 35.5. The van der Waals surface area contributed by atoms with E-state index in [1.54, 1.807) is 0 Å². The smallest absolute Gasteiger partial charge is 0.243 e. The van der Waals surface area contributed by atoms with Gasteiger partial charge in [0.15, 0.2) is 0 Å². The molecule has 1 atom stereocenters. The van der Waals surface area contributed by atoms with Crippen molar-refractivity contribution in [1.82, 2.24) is 0 Å². The van der Waals surface area contributed by atoms with E-state index in [0.29, 0.717) is 0 Å². The van der Waals surface area contributed by atoms with Crippen molar-refractivity contribution >= 4 is 22.5 Å². The second-order valence-electron chi connectivity index (χ2n) is 3.55. The fourth-order valence-corrected chi connectivity index (χ4v) is 2.01. The fraction of sp³-hybridized carbons (Fsp3) is 0.364. The molecule has 0 bridgehead atoms. The van der Waals surface area contributed by atoms with Crippen LogP contribution in [0.3, 0.4) is 0 Å². The van der Waals surface area contributed by atoms with Crippen molar-refractivity contribution < 1.29 is 4.79 Å². The van der Waals surface area contributed by atoms with E-state index in [9.17, 15) is 4.79 Å². The first kappa shape index (κ1) is 9.53. The predicted molar refractivity (Wildman–Crippen MR) is 57.8 cm³/mol. The van der Waals surface area contributed by atoms with E-state index in [4.69, 9.17) is 11.6 Å². The Kier molecular flexibility index (Phi) is 2.46. The summed E-state index contributed by atoms with van der Waals surface area (Å²) >= 11 is 5.49. The molecule has 1 unspecified atom stereocenters. The van der Waals surface area contributed by atoms with E-state index >= 15 is 0 Å². The number of rotatable bonds is 2. The minimum Gasteiger partial charge on any atom is -0.360 e. The van der Waals surface area contributed by atoms with Gasteiger partial charge in [0.25, 0.3) is 0 Å². The Morgan fingerprint density at radius 2 is 2.21 bits per heavy atom. The number of anilines is 1. The molecule has 2 nitrogen and oxygen atoms in total. The standard InChI is InChI=1S/C11H12ClNO/c1-8(11(12)14)13-7-6-9-4-2-3-5-10(9)13/h2-5,8H,6-7H2,1H3. The molecule has 0 N–H and O–H groups in total. The second-order valence-corrected chi connectivity index (χ2v) is 3.92. The fourth-order valence-electron chi connectivity index (χ4n) is 1.89. The summed E-state index contributed by atoms with van der Waals surface area (Å²) in [4.78, 5) is 13.1. The topological polar surface area (TPSA) is 20.3 Å². The summed E-state index contributed by atoms with van der Waals surface area (Å²) < 4.78 is 0. The average molecular weight is 210 g/mol. The monoisotopic (exact) mass is 209 g/mol. The lowest BCUT2D eigenvalue weighted by molar-refractivity contribution is -0.112. The Bertz CT molecular complexity index is 364. The number of nitrogens with zero attached hydrogens (tertiary/aromatic N) is 1. The lowest BCUT2D eigenvalue weighted by Gasteiger charge is -2.23. The third kappa shape index (κ3) is 1.50. The first-order valence-corrected chi connectivity index (χ1v) is 5.12. The van der Waals surface area contributed by atoms with Crippen LogP contribution in [0.4, 0.5) is 5.69 Å². The number of hydrogen-bond donors (Lipinski definition) is 0. The van der Waals surface area contributed by atoms with Crippen LogP contribution < -0.4 is 4.90 Å². The maximum absolute atomic E-state index is 11.1. The van der Waals surface area contributed by atoms with Gasteiger partial charge in [0.2, 0.25) is 5.24 Å². The van der Waals surface area contributed by atoms with Crippen molar-refractivity contribution in [2.24, 2.45) is 0 Å². The highest BCUT2D eigenvalue weighted by molar-refractivity contribution is 6.65. The summed E-state index contributed by atoms with van der Waals surface area (Å²) in [6.45, 7) is 2.73. The van der Waals surface area contributed by atoms with Gasteiger partial charge in [-0.25, -0.2) is 0 Å². The van der Waals surface area contributed by atoms with Crippen LogP contribution in [0.25, 0.3) is 0 Å². The molecule has 0 radical (unpaired) electrons. The highest BCUT2D eigenvalue weighted by Gasteiger charge is 2.25. The van der Waals surface area contributed by atoms with Crippen molar-refractivity contribution in [3.63, 3.8) is 0 Å². The Labute approximate surface area is 88.5 Å². The zero-order valence-corrected chi connectivity index (χ0v) is 8.79. The summed E-state index contributed by atoms with van der Waals surface area (Å²) in [6.07, 6.45) is 1.00. The molecule has 0 amide bonds. The first-order chi connectivity index (χ1) is 6.70. The van der Waals surface area contributed by atoms with Crippen LogP contribution in [0.5, 0.6) is 0 Å². The molecule has 1 aliphatic rings. The van der Waals surface area contributed by atoms with Gasteiger partial charge in [-0.1, -0.05) is 18.2 Å². The number of para-hydroxylation sites is 1. The van der Waals surface area contributed by atoms with E-state index < -0.39 is 0 Å². The van der Waals surface area contributed by atoms with Gasteiger partial charge < -0.3 is 4.90 Å². The van der Waals surface area contributed by atoms with E-state index in [1.807, 2.05) is 25.1 Å². The SMILES string of the molecule is CC(C(=O)Cl)N1CCc2ccccc21. The van der Waals surface area contributed by atoms with E-state index in [1.165, 1.54) is 5.56 Å². The maximum Gasteiger partial charge on any atom is 0.243 e. The minimum atomic E-state index is -0.290. The van der Waals surface area contributed by atoms with Crippen molar-refractivity contribution in [1.29, 1.82) is 0 Å². The van der Waals surface area contributed by atoms with Gasteiger partial charge in [-0.05, 0) is 36.6 Å². The molecular formula is C11H12ClNO. The Morgan fingerprint density at radius 3 is 2.93 bits per heavy atom. The molecule has 14 heavy (non-hydrogen) atoms. The van der Waals surface area contributed by atoms with Crippen molar-refractivity contribution in [3.8, 4) is 0 Å². The van der Waals surface area contributed by atoms with Gasteiger partial charge in [0, 0.05) is 12.2 Å². The van der Waals surface area contributed by atoms with Crippen molar-refractivity contribution in [2.45, 2.75) is 19.4 Å². The van der Waals surface area contributed by atoms with Gasteiger partial charge in [0.1, 0.15) is 6.04 Å². The normalized spacial score (nSPS) is 16.6. The summed E-state index contributed by atoms with van der Waals surface area (Å²) in [7, 11) is 0. The molecule has 0 aliphatic carbocycles. The van der Waals surface area contributed by atoms with Gasteiger partial charge in [-0.15, -0.1) is 0 Å². The quantitative estimate of drug-likeness (QED) is 0.697. The molecule has 0 spiro atoms. The molecule has 0 saturated carbocycles. The molecule has 1 aromatic carbocycles. The van der Waals surface area contributed by atoms with Crippen LogP contribution >= 0.6 is 11.6 Å². The van der Waals surface area contributed by atoms with Crippen LogP contribution in [-0.2, 0) is 11.2 Å². The number of benzene rings is 1. The van der Waals surface area contributed by atoms with Crippen molar-refractivity contribution in [2.75, 3.05) is 11.4 Å². The number of halogens is 1. The number of carbonyl (C=O) groups excluding carboxylic acids is 1. The van der Waals surface area contributed by atoms with E-state index in [0.717, 1.165) is 18.7 Å². The molecule has 0 aromatic heterocycles. The van der Waals surface area contributed by atoms with Gasteiger partial charge in [-0.2, -0.15) is 0 Å². The first-order valence-electron chi connectivity index (χ1n) is 4.74. The zero-order valence-electron chi connectivity index (χ0n) is 8.03. The zero-order chi connectivity index (χ0) is 10.1. The Balaban J connectivity index is 2.30. The molecule has 1 aliphatic heterocycles. The van der Waals surface area contributed by atoms with Crippen molar-refractivity contribution in [3.05, 3.63) is 29.8 Å². The average Bonchev–Trinajstić information content (AvgIpc) is 2.60.